The van der Waals surface area contributed by atoms with Crippen LogP contribution in [0.4, 0.5) is 0 Å². The average molecular weight is 448 g/mol. The molecule has 3 heterocycles. The van der Waals surface area contributed by atoms with E-state index < -0.39 is 0 Å². The zero-order valence-electron chi connectivity index (χ0n) is 19.0. The van der Waals surface area contributed by atoms with Gasteiger partial charge in [-0.15, -0.1) is 0 Å². The van der Waals surface area contributed by atoms with Crippen molar-refractivity contribution >= 4 is 27.3 Å². The summed E-state index contributed by atoms with van der Waals surface area (Å²) in [5, 5.41) is 3.33. The molecular weight excluding hydrogens is 426 g/mol. The molecule has 7 aromatic rings. The van der Waals surface area contributed by atoms with Gasteiger partial charge in [0.1, 0.15) is 5.65 Å². The van der Waals surface area contributed by atoms with Crippen LogP contribution >= 0.6 is 0 Å². The molecular formula is C32H21N3. The normalized spacial score (nSPS) is 11.4. The van der Waals surface area contributed by atoms with Gasteiger partial charge < -0.3 is 0 Å². The van der Waals surface area contributed by atoms with E-state index in [1.807, 2.05) is 18.2 Å². The zero-order chi connectivity index (χ0) is 23.2. The van der Waals surface area contributed by atoms with Gasteiger partial charge >= 0.3 is 0 Å². The van der Waals surface area contributed by atoms with Gasteiger partial charge in [0, 0.05) is 39.0 Å². The topological polar surface area (TPSA) is 30.2 Å². The summed E-state index contributed by atoms with van der Waals surface area (Å²) in [6.07, 6.45) is 2.14. The molecule has 0 unspecified atom stereocenters. The van der Waals surface area contributed by atoms with Crippen LogP contribution in [0.15, 0.2) is 128 Å². The van der Waals surface area contributed by atoms with Crippen LogP contribution in [-0.4, -0.2) is 14.4 Å². The van der Waals surface area contributed by atoms with Crippen molar-refractivity contribution in [2.75, 3.05) is 0 Å². The molecule has 0 spiro atoms. The third-order valence-electron chi connectivity index (χ3n) is 6.60. The first kappa shape index (κ1) is 19.7. The molecule has 0 aliphatic carbocycles. The number of para-hydroxylation sites is 1. The van der Waals surface area contributed by atoms with Crippen LogP contribution in [0.25, 0.3) is 61.1 Å². The van der Waals surface area contributed by atoms with Gasteiger partial charge in [-0.3, -0.25) is 4.40 Å². The number of rotatable bonds is 3. The quantitative estimate of drug-likeness (QED) is 0.257. The standard InChI is InChI=1S/C32H21N3/c1-4-12-22(13-5-1)29-26-20-21-35-31(24-16-8-3-9-17-24)30(23-14-6-2-7-15-23)34-32(35)28(26)25-18-10-11-19-27(25)33-29/h1-21H. The minimum absolute atomic E-state index is 0.941. The SMILES string of the molecule is c1ccc(-c2nc3c4c(ccn3c2-c2ccccc2)c(-c2ccccc2)nc2ccccc24)cc1. The molecule has 4 aromatic carbocycles. The summed E-state index contributed by atoms with van der Waals surface area (Å²) in [4.78, 5) is 10.4. The van der Waals surface area contributed by atoms with Crippen molar-refractivity contribution in [3.63, 3.8) is 0 Å². The fourth-order valence-electron chi connectivity index (χ4n) is 5.02. The molecule has 0 saturated heterocycles. The fraction of sp³-hybridized carbons (Fsp3) is 0. The molecule has 0 N–H and O–H groups in total. The van der Waals surface area contributed by atoms with Gasteiger partial charge in [0.2, 0.25) is 0 Å². The number of aromatic nitrogens is 3. The number of hydrogen-bond donors (Lipinski definition) is 0. The van der Waals surface area contributed by atoms with Crippen molar-refractivity contribution in [3.8, 4) is 33.8 Å². The molecule has 3 aromatic heterocycles. The monoisotopic (exact) mass is 447 g/mol. The second kappa shape index (κ2) is 7.93. The largest absolute Gasteiger partial charge is 0.298 e. The van der Waals surface area contributed by atoms with Crippen LogP contribution in [0.2, 0.25) is 0 Å². The number of imidazole rings is 1. The average Bonchev–Trinajstić information content (AvgIpc) is 3.34. The van der Waals surface area contributed by atoms with E-state index in [9.17, 15) is 0 Å². The molecule has 35 heavy (non-hydrogen) atoms. The highest BCUT2D eigenvalue weighted by atomic mass is 15.0. The lowest BCUT2D eigenvalue weighted by atomic mass is 10.0. The summed E-state index contributed by atoms with van der Waals surface area (Å²) in [6, 6.07) is 41.9. The first-order valence-electron chi connectivity index (χ1n) is 11.8. The number of fused-ring (bicyclic) bond motifs is 5. The zero-order valence-corrected chi connectivity index (χ0v) is 19.0. The van der Waals surface area contributed by atoms with Crippen LogP contribution in [0.1, 0.15) is 0 Å². The minimum atomic E-state index is 0.941. The van der Waals surface area contributed by atoms with E-state index in [1.54, 1.807) is 0 Å². The third-order valence-corrected chi connectivity index (χ3v) is 6.60. The molecule has 0 atom stereocenters. The highest BCUT2D eigenvalue weighted by molar-refractivity contribution is 6.17. The summed E-state index contributed by atoms with van der Waals surface area (Å²) >= 11 is 0. The van der Waals surface area contributed by atoms with Crippen LogP contribution in [0.3, 0.4) is 0 Å². The van der Waals surface area contributed by atoms with Crippen molar-refractivity contribution in [1.82, 2.24) is 14.4 Å². The van der Waals surface area contributed by atoms with Crippen LogP contribution in [0, 0.1) is 0 Å². The maximum absolute atomic E-state index is 5.31. The molecule has 0 aliphatic rings. The number of benzene rings is 4. The maximum atomic E-state index is 5.31. The smallest absolute Gasteiger partial charge is 0.146 e. The first-order valence-corrected chi connectivity index (χ1v) is 11.8. The van der Waals surface area contributed by atoms with Gasteiger partial charge in [0.05, 0.1) is 22.6 Å². The lowest BCUT2D eigenvalue weighted by Crippen LogP contribution is -1.94. The molecule has 0 bridgehead atoms. The van der Waals surface area contributed by atoms with Crippen LogP contribution in [0.5, 0.6) is 0 Å². The van der Waals surface area contributed by atoms with Crippen molar-refractivity contribution in [2.45, 2.75) is 0 Å². The summed E-state index contributed by atoms with van der Waals surface area (Å²) in [5.74, 6) is 0. The molecule has 0 amide bonds. The van der Waals surface area contributed by atoms with E-state index in [0.29, 0.717) is 0 Å². The molecule has 164 valence electrons. The Labute approximate surface area is 203 Å². The summed E-state index contributed by atoms with van der Waals surface area (Å²) in [6.45, 7) is 0. The van der Waals surface area contributed by atoms with Gasteiger partial charge in [0.25, 0.3) is 0 Å². The van der Waals surface area contributed by atoms with Crippen molar-refractivity contribution in [2.24, 2.45) is 0 Å². The summed E-state index contributed by atoms with van der Waals surface area (Å²) < 4.78 is 2.24. The Hall–Kier alpha value is -4.76. The Morgan fingerprint density at radius 2 is 1.03 bits per heavy atom. The van der Waals surface area contributed by atoms with E-state index in [2.05, 4.69) is 114 Å². The lowest BCUT2D eigenvalue weighted by molar-refractivity contribution is 1.21. The molecule has 0 saturated carbocycles. The van der Waals surface area contributed by atoms with E-state index in [1.165, 1.54) is 0 Å². The number of hydrogen-bond acceptors (Lipinski definition) is 2. The lowest BCUT2D eigenvalue weighted by Gasteiger charge is -2.12. The van der Waals surface area contributed by atoms with Crippen LogP contribution in [-0.2, 0) is 0 Å². The molecule has 0 aliphatic heterocycles. The highest BCUT2D eigenvalue weighted by Crippen LogP contribution is 2.39. The van der Waals surface area contributed by atoms with Gasteiger partial charge in [-0.05, 0) is 12.1 Å². The van der Waals surface area contributed by atoms with Gasteiger partial charge in [-0.2, -0.15) is 0 Å². The number of nitrogens with zero attached hydrogens (tertiary/aromatic N) is 3. The molecule has 7 rings (SSSR count). The van der Waals surface area contributed by atoms with Crippen molar-refractivity contribution in [1.29, 1.82) is 0 Å². The van der Waals surface area contributed by atoms with Crippen molar-refractivity contribution in [3.05, 3.63) is 128 Å². The number of pyridine rings is 2. The molecule has 3 heteroatoms. The Morgan fingerprint density at radius 1 is 0.457 bits per heavy atom. The van der Waals surface area contributed by atoms with Crippen molar-refractivity contribution < 1.29 is 0 Å². The maximum Gasteiger partial charge on any atom is 0.146 e. The Bertz CT molecular complexity index is 1820. The summed E-state index contributed by atoms with van der Waals surface area (Å²) in [7, 11) is 0. The highest BCUT2D eigenvalue weighted by Gasteiger charge is 2.20. The molecule has 0 radical (unpaired) electrons. The Kier molecular flexibility index (Phi) is 4.46. The first-order chi connectivity index (χ1) is 17.4. The van der Waals surface area contributed by atoms with E-state index in [0.717, 1.165) is 61.1 Å². The van der Waals surface area contributed by atoms with E-state index in [4.69, 9.17) is 9.97 Å². The Morgan fingerprint density at radius 3 is 1.71 bits per heavy atom. The van der Waals surface area contributed by atoms with Gasteiger partial charge in [-0.1, -0.05) is 109 Å². The Balaban J connectivity index is 1.67. The van der Waals surface area contributed by atoms with E-state index in [-0.39, 0.29) is 0 Å². The second-order valence-corrected chi connectivity index (χ2v) is 8.68. The van der Waals surface area contributed by atoms with Gasteiger partial charge in [-0.25, -0.2) is 9.97 Å². The van der Waals surface area contributed by atoms with Crippen LogP contribution < -0.4 is 0 Å². The molecule has 0 fully saturated rings. The summed E-state index contributed by atoms with van der Waals surface area (Å²) in [5.41, 5.74) is 8.30. The van der Waals surface area contributed by atoms with E-state index >= 15 is 0 Å². The predicted molar refractivity (Wildman–Crippen MR) is 144 cm³/mol. The van der Waals surface area contributed by atoms with Gasteiger partial charge in [0.15, 0.2) is 0 Å². The molecule has 3 nitrogen and oxygen atoms in total. The second-order valence-electron chi connectivity index (χ2n) is 8.68. The predicted octanol–water partition coefficient (Wildman–Crippen LogP) is 8.04. The fourth-order valence-corrected chi connectivity index (χ4v) is 5.02. The third kappa shape index (κ3) is 3.13. The minimum Gasteiger partial charge on any atom is -0.298 e.